The van der Waals surface area contributed by atoms with Gasteiger partial charge in [0.1, 0.15) is 12.9 Å². The summed E-state index contributed by atoms with van der Waals surface area (Å²) in [6.45, 7) is 2.43. The molecule has 1 aliphatic heterocycles. The first-order valence-corrected chi connectivity index (χ1v) is 9.00. The van der Waals surface area contributed by atoms with Gasteiger partial charge in [0, 0.05) is 5.92 Å². The van der Waals surface area contributed by atoms with Crippen LogP contribution in [-0.2, 0) is 25.6 Å². The Morgan fingerprint density at radius 1 is 1.07 bits per heavy atom. The van der Waals surface area contributed by atoms with Gasteiger partial charge in [-0.1, -0.05) is 72.8 Å². The zero-order valence-electron chi connectivity index (χ0n) is 15.2. The van der Waals surface area contributed by atoms with Gasteiger partial charge in [0.05, 0.1) is 12.7 Å². The van der Waals surface area contributed by atoms with E-state index < -0.39 is 18.2 Å². The summed E-state index contributed by atoms with van der Waals surface area (Å²) < 4.78 is 17.0. The monoisotopic (exact) mass is 368 g/mol. The number of hydrogen-bond donors (Lipinski definition) is 1. The number of carbonyl (C=O) groups is 1. The van der Waals surface area contributed by atoms with Gasteiger partial charge in [-0.05, 0) is 18.1 Å². The van der Waals surface area contributed by atoms with Gasteiger partial charge in [-0.3, -0.25) is 0 Å². The lowest BCUT2D eigenvalue weighted by atomic mass is 9.90. The number of aliphatic carboxylic acids is 1. The minimum absolute atomic E-state index is 0.115. The zero-order chi connectivity index (χ0) is 19.1. The van der Waals surface area contributed by atoms with Crippen molar-refractivity contribution in [2.45, 2.75) is 37.8 Å². The molecule has 0 aliphatic carbocycles. The maximum absolute atomic E-state index is 11.7. The minimum atomic E-state index is -0.981. The van der Waals surface area contributed by atoms with Crippen molar-refractivity contribution in [2.24, 2.45) is 0 Å². The summed E-state index contributed by atoms with van der Waals surface area (Å²) in [6.07, 6.45) is 2.06. The smallest absolute Gasteiger partial charge is 0.333 e. The van der Waals surface area contributed by atoms with Gasteiger partial charge in [-0.25, -0.2) is 4.79 Å². The van der Waals surface area contributed by atoms with E-state index in [4.69, 9.17) is 14.2 Å². The van der Waals surface area contributed by atoms with Gasteiger partial charge in [0.15, 0.2) is 6.10 Å². The highest BCUT2D eigenvalue weighted by atomic mass is 16.7. The maximum Gasteiger partial charge on any atom is 0.333 e. The molecule has 0 spiro atoms. The molecule has 0 amide bonds. The lowest BCUT2D eigenvalue weighted by Crippen LogP contribution is -2.41. The molecule has 0 unspecified atom stereocenters. The van der Waals surface area contributed by atoms with Crippen molar-refractivity contribution in [1.29, 1.82) is 0 Å². The van der Waals surface area contributed by atoms with Crippen molar-refractivity contribution < 1.29 is 24.1 Å². The van der Waals surface area contributed by atoms with Crippen LogP contribution in [0.4, 0.5) is 0 Å². The first-order valence-electron chi connectivity index (χ1n) is 9.00. The predicted octanol–water partition coefficient (Wildman–Crippen LogP) is 3.76. The van der Waals surface area contributed by atoms with Crippen LogP contribution in [0.15, 0.2) is 72.8 Å². The summed E-state index contributed by atoms with van der Waals surface area (Å²) in [7, 11) is 0. The van der Waals surface area contributed by atoms with Crippen LogP contribution in [0.25, 0.3) is 0 Å². The van der Waals surface area contributed by atoms with Crippen LogP contribution in [0.2, 0.25) is 0 Å². The number of hydrogen-bond acceptors (Lipinski definition) is 4. The Balaban J connectivity index is 1.54. The quantitative estimate of drug-likeness (QED) is 0.437. The highest BCUT2D eigenvalue weighted by Gasteiger charge is 2.35. The summed E-state index contributed by atoms with van der Waals surface area (Å²) in [6, 6.07) is 19.3. The molecule has 4 atom stereocenters. The lowest BCUT2D eigenvalue weighted by Gasteiger charge is -2.32. The average Bonchev–Trinajstić information content (AvgIpc) is 2.72. The second-order valence-electron chi connectivity index (χ2n) is 6.50. The van der Waals surface area contributed by atoms with E-state index in [1.165, 1.54) is 0 Å². The lowest BCUT2D eigenvalue weighted by molar-refractivity contribution is -0.167. The summed E-state index contributed by atoms with van der Waals surface area (Å²) in [5, 5.41) is 9.59. The van der Waals surface area contributed by atoms with E-state index in [-0.39, 0.29) is 18.8 Å². The molecule has 142 valence electrons. The Labute approximate surface area is 159 Å². The third-order valence-electron chi connectivity index (χ3n) is 4.55. The SMILES string of the molecule is C[C@H](OCOCc1ccccc1)[C@H]1C=C[C@@H](c2ccccc2)[C@@H](C(=O)O)O1. The molecule has 5 heteroatoms. The Morgan fingerprint density at radius 2 is 1.74 bits per heavy atom. The normalized spacial score (nSPS) is 23.1. The highest BCUT2D eigenvalue weighted by Crippen LogP contribution is 2.30. The van der Waals surface area contributed by atoms with Gasteiger partial charge >= 0.3 is 5.97 Å². The number of ether oxygens (including phenoxy) is 3. The molecule has 27 heavy (non-hydrogen) atoms. The Bertz CT molecular complexity index is 744. The molecular formula is C22H24O5. The molecular weight excluding hydrogens is 344 g/mol. The molecule has 0 saturated carbocycles. The van der Waals surface area contributed by atoms with Gasteiger partial charge in [0.25, 0.3) is 0 Å². The van der Waals surface area contributed by atoms with Gasteiger partial charge in [0.2, 0.25) is 0 Å². The van der Waals surface area contributed by atoms with E-state index in [1.807, 2.05) is 79.7 Å². The molecule has 0 saturated heterocycles. The minimum Gasteiger partial charge on any atom is -0.479 e. The largest absolute Gasteiger partial charge is 0.479 e. The molecule has 1 heterocycles. The number of carboxylic acid groups (broad SMARTS) is 1. The predicted molar refractivity (Wildman–Crippen MR) is 101 cm³/mol. The van der Waals surface area contributed by atoms with E-state index in [2.05, 4.69) is 0 Å². The van der Waals surface area contributed by atoms with Crippen molar-refractivity contribution in [3.63, 3.8) is 0 Å². The number of carboxylic acids is 1. The molecule has 0 aromatic heterocycles. The maximum atomic E-state index is 11.7. The fourth-order valence-corrected chi connectivity index (χ4v) is 3.05. The van der Waals surface area contributed by atoms with E-state index in [1.54, 1.807) is 0 Å². The second kappa shape index (κ2) is 9.46. The van der Waals surface area contributed by atoms with Crippen LogP contribution in [0.3, 0.4) is 0 Å². The van der Waals surface area contributed by atoms with Crippen LogP contribution in [0.1, 0.15) is 24.0 Å². The molecule has 5 nitrogen and oxygen atoms in total. The summed E-state index contributed by atoms with van der Waals surface area (Å²) in [5.41, 5.74) is 1.98. The van der Waals surface area contributed by atoms with Crippen LogP contribution < -0.4 is 0 Å². The van der Waals surface area contributed by atoms with Crippen LogP contribution in [0.5, 0.6) is 0 Å². The topological polar surface area (TPSA) is 65.0 Å². The Hall–Kier alpha value is -2.47. The first kappa shape index (κ1) is 19.3. The van der Waals surface area contributed by atoms with E-state index in [9.17, 15) is 9.90 Å². The van der Waals surface area contributed by atoms with E-state index >= 15 is 0 Å². The Kier molecular flexibility index (Phi) is 6.76. The molecule has 2 aromatic carbocycles. The highest BCUT2D eigenvalue weighted by molar-refractivity contribution is 5.74. The molecule has 2 aromatic rings. The average molecular weight is 368 g/mol. The molecule has 0 fully saturated rings. The fraction of sp³-hybridized carbons (Fsp3) is 0.318. The van der Waals surface area contributed by atoms with Crippen LogP contribution >= 0.6 is 0 Å². The van der Waals surface area contributed by atoms with E-state index in [0.29, 0.717) is 6.61 Å². The number of rotatable bonds is 8. The number of benzene rings is 2. The second-order valence-corrected chi connectivity index (χ2v) is 6.50. The van der Waals surface area contributed by atoms with Gasteiger partial charge in [-0.15, -0.1) is 0 Å². The van der Waals surface area contributed by atoms with Gasteiger partial charge in [-0.2, -0.15) is 0 Å². The molecule has 1 aliphatic rings. The van der Waals surface area contributed by atoms with Crippen molar-refractivity contribution in [3.8, 4) is 0 Å². The molecule has 0 bridgehead atoms. The van der Waals surface area contributed by atoms with Crippen LogP contribution in [0, 0.1) is 0 Å². The van der Waals surface area contributed by atoms with Crippen molar-refractivity contribution in [2.75, 3.05) is 6.79 Å². The van der Waals surface area contributed by atoms with Crippen molar-refractivity contribution in [1.82, 2.24) is 0 Å². The molecule has 1 N–H and O–H groups in total. The van der Waals surface area contributed by atoms with Crippen LogP contribution in [-0.4, -0.2) is 36.2 Å². The standard InChI is InChI=1S/C22H24O5/c1-16(26-15-25-14-17-8-4-2-5-9-17)20-13-12-19(21(27-20)22(23)24)18-10-6-3-7-11-18/h2-13,16,19-21H,14-15H2,1H3,(H,23,24)/t16-,19-,20+,21-/m0/s1. The summed E-state index contributed by atoms with van der Waals surface area (Å²) in [5.74, 6) is -1.30. The van der Waals surface area contributed by atoms with E-state index in [0.717, 1.165) is 11.1 Å². The molecule has 3 rings (SSSR count). The summed E-state index contributed by atoms with van der Waals surface area (Å²) >= 11 is 0. The molecule has 0 radical (unpaired) electrons. The zero-order valence-corrected chi connectivity index (χ0v) is 15.2. The third kappa shape index (κ3) is 5.26. The van der Waals surface area contributed by atoms with Crippen molar-refractivity contribution >= 4 is 5.97 Å². The van der Waals surface area contributed by atoms with Crippen molar-refractivity contribution in [3.05, 3.63) is 83.9 Å². The first-order chi connectivity index (χ1) is 13.1. The third-order valence-corrected chi connectivity index (χ3v) is 4.55. The van der Waals surface area contributed by atoms with Gasteiger partial charge < -0.3 is 19.3 Å². The Morgan fingerprint density at radius 3 is 2.41 bits per heavy atom. The fourth-order valence-electron chi connectivity index (χ4n) is 3.05. The summed E-state index contributed by atoms with van der Waals surface area (Å²) in [4.78, 5) is 11.7.